The average Bonchev–Trinajstić information content (AvgIpc) is 3.15. The van der Waals surface area contributed by atoms with E-state index >= 15 is 0 Å². The summed E-state index contributed by atoms with van der Waals surface area (Å²) < 4.78 is 2.11. The lowest BCUT2D eigenvalue weighted by Gasteiger charge is -2.15. The van der Waals surface area contributed by atoms with Crippen molar-refractivity contribution in [1.82, 2.24) is 14.3 Å². The molecule has 1 unspecified atom stereocenters. The van der Waals surface area contributed by atoms with E-state index in [1.807, 2.05) is 41.1 Å². The number of pyridine rings is 1. The number of nitrogens with zero attached hydrogens (tertiary/aromatic N) is 3. The third-order valence-corrected chi connectivity index (χ3v) is 5.50. The van der Waals surface area contributed by atoms with E-state index in [1.54, 1.807) is 0 Å². The summed E-state index contributed by atoms with van der Waals surface area (Å²) in [6.45, 7) is 1.75. The van der Waals surface area contributed by atoms with Crippen LogP contribution in [0.25, 0.3) is 5.52 Å². The summed E-state index contributed by atoms with van der Waals surface area (Å²) in [6.07, 6.45) is 7.68. The third kappa shape index (κ3) is 2.41. The maximum atomic E-state index is 12.9. The number of carbonyl (C=O) groups excluding carboxylic acids is 1. The molecule has 116 valence electrons. The average molecular weight is 315 g/mol. The second-order valence-corrected chi connectivity index (χ2v) is 7.32. The predicted octanol–water partition coefficient (Wildman–Crippen LogP) is 3.04. The van der Waals surface area contributed by atoms with Crippen molar-refractivity contribution in [1.29, 1.82) is 0 Å². The molecule has 1 saturated heterocycles. The van der Waals surface area contributed by atoms with Crippen LogP contribution >= 0.6 is 11.8 Å². The molecule has 4 rings (SSSR count). The molecular formula is C17H21N3OS. The van der Waals surface area contributed by atoms with Gasteiger partial charge in [-0.2, -0.15) is 11.8 Å². The van der Waals surface area contributed by atoms with Gasteiger partial charge in [0, 0.05) is 25.2 Å². The Bertz CT molecular complexity index is 707. The summed E-state index contributed by atoms with van der Waals surface area (Å²) in [5, 5.41) is 0. The second-order valence-electron chi connectivity index (χ2n) is 6.41. The first kappa shape index (κ1) is 14.1. The first-order chi connectivity index (χ1) is 10.8. The van der Waals surface area contributed by atoms with Crippen LogP contribution in [-0.4, -0.2) is 45.3 Å². The van der Waals surface area contributed by atoms with Gasteiger partial charge in [-0.25, -0.2) is 4.98 Å². The van der Waals surface area contributed by atoms with Crippen molar-refractivity contribution >= 4 is 23.2 Å². The van der Waals surface area contributed by atoms with E-state index in [0.29, 0.717) is 17.5 Å². The Morgan fingerprint density at radius 3 is 3.00 bits per heavy atom. The molecule has 1 aliphatic heterocycles. The van der Waals surface area contributed by atoms with Crippen molar-refractivity contribution in [2.24, 2.45) is 5.92 Å². The van der Waals surface area contributed by atoms with Gasteiger partial charge in [0.05, 0.1) is 5.52 Å². The van der Waals surface area contributed by atoms with E-state index in [4.69, 9.17) is 4.98 Å². The number of thioether (sulfide) groups is 1. The SMILES string of the molecule is CSCC1CCN(C(=O)c2nc(C3CC3)n3ccccc23)C1. The molecule has 1 saturated carbocycles. The van der Waals surface area contributed by atoms with Gasteiger partial charge < -0.3 is 9.30 Å². The van der Waals surface area contributed by atoms with Gasteiger partial charge in [-0.3, -0.25) is 4.79 Å². The summed E-state index contributed by atoms with van der Waals surface area (Å²) in [5.41, 5.74) is 1.61. The Morgan fingerprint density at radius 1 is 1.36 bits per heavy atom. The van der Waals surface area contributed by atoms with Crippen LogP contribution in [0, 0.1) is 5.92 Å². The molecule has 22 heavy (non-hydrogen) atoms. The molecule has 0 spiro atoms. The normalized spacial score (nSPS) is 21.7. The minimum absolute atomic E-state index is 0.110. The van der Waals surface area contributed by atoms with Crippen molar-refractivity contribution in [2.75, 3.05) is 25.1 Å². The lowest BCUT2D eigenvalue weighted by molar-refractivity contribution is 0.0785. The second kappa shape index (κ2) is 5.61. The minimum atomic E-state index is 0.110. The zero-order valence-electron chi connectivity index (χ0n) is 12.9. The highest BCUT2D eigenvalue weighted by Gasteiger charge is 2.33. The summed E-state index contributed by atoms with van der Waals surface area (Å²) in [6, 6.07) is 6.02. The number of amides is 1. The molecule has 0 bridgehead atoms. The highest BCUT2D eigenvalue weighted by molar-refractivity contribution is 7.98. The van der Waals surface area contributed by atoms with Crippen LogP contribution in [0.4, 0.5) is 0 Å². The molecule has 1 atom stereocenters. The molecule has 0 aromatic carbocycles. The van der Waals surface area contributed by atoms with Crippen molar-refractivity contribution < 1.29 is 4.79 Å². The van der Waals surface area contributed by atoms with Crippen LogP contribution in [0.3, 0.4) is 0 Å². The zero-order chi connectivity index (χ0) is 15.1. The molecule has 2 aromatic rings. The van der Waals surface area contributed by atoms with Gasteiger partial charge in [0.1, 0.15) is 5.82 Å². The first-order valence-electron chi connectivity index (χ1n) is 8.03. The molecule has 0 N–H and O–H groups in total. The van der Waals surface area contributed by atoms with Crippen LogP contribution in [0.1, 0.15) is 41.5 Å². The van der Waals surface area contributed by atoms with Gasteiger partial charge in [0.25, 0.3) is 5.91 Å². The van der Waals surface area contributed by atoms with Gasteiger partial charge >= 0.3 is 0 Å². The summed E-state index contributed by atoms with van der Waals surface area (Å²) in [4.78, 5) is 19.6. The molecule has 3 heterocycles. The van der Waals surface area contributed by atoms with Crippen molar-refractivity contribution in [3.63, 3.8) is 0 Å². The fraction of sp³-hybridized carbons (Fsp3) is 0.529. The Kier molecular flexibility index (Phi) is 3.60. The maximum absolute atomic E-state index is 12.9. The van der Waals surface area contributed by atoms with E-state index in [2.05, 4.69) is 10.7 Å². The number of fused-ring (bicyclic) bond motifs is 1. The number of hydrogen-bond acceptors (Lipinski definition) is 3. The standard InChI is InChI=1S/C17H21N3OS/c1-22-11-12-7-9-19(10-12)17(21)15-14-4-2-3-8-20(14)16(18-15)13-5-6-13/h2-4,8,12-13H,5-7,9-11H2,1H3. The lowest BCUT2D eigenvalue weighted by atomic mass is 10.2. The Morgan fingerprint density at radius 2 is 2.23 bits per heavy atom. The Labute approximate surface area is 134 Å². The summed E-state index contributed by atoms with van der Waals surface area (Å²) >= 11 is 1.87. The summed E-state index contributed by atoms with van der Waals surface area (Å²) in [5.74, 6) is 3.49. The van der Waals surface area contributed by atoms with Gasteiger partial charge in [0.15, 0.2) is 5.69 Å². The molecule has 5 heteroatoms. The van der Waals surface area contributed by atoms with Crippen LogP contribution < -0.4 is 0 Å². The van der Waals surface area contributed by atoms with E-state index in [0.717, 1.165) is 36.6 Å². The fourth-order valence-corrected chi connectivity index (χ4v) is 4.13. The quantitative estimate of drug-likeness (QED) is 0.870. The zero-order valence-corrected chi connectivity index (χ0v) is 13.7. The molecule has 1 amide bonds. The molecule has 0 radical (unpaired) electrons. The molecule has 2 aromatic heterocycles. The number of aromatic nitrogens is 2. The topological polar surface area (TPSA) is 37.6 Å². The highest BCUT2D eigenvalue weighted by atomic mass is 32.2. The number of imidazole rings is 1. The molecule has 1 aliphatic carbocycles. The molecular weight excluding hydrogens is 294 g/mol. The van der Waals surface area contributed by atoms with Gasteiger partial charge in [0.2, 0.25) is 0 Å². The van der Waals surface area contributed by atoms with Crippen LogP contribution in [0.15, 0.2) is 24.4 Å². The molecule has 2 fully saturated rings. The van der Waals surface area contributed by atoms with E-state index in [-0.39, 0.29) is 5.91 Å². The Hall–Kier alpha value is -1.49. The van der Waals surface area contributed by atoms with Crippen LogP contribution in [0.2, 0.25) is 0 Å². The lowest BCUT2D eigenvalue weighted by Crippen LogP contribution is -2.29. The number of rotatable bonds is 4. The number of carbonyl (C=O) groups is 1. The van der Waals surface area contributed by atoms with Crippen LogP contribution in [-0.2, 0) is 0 Å². The molecule has 2 aliphatic rings. The van der Waals surface area contributed by atoms with Gasteiger partial charge in [-0.1, -0.05) is 6.07 Å². The maximum Gasteiger partial charge on any atom is 0.274 e. The van der Waals surface area contributed by atoms with E-state index in [9.17, 15) is 4.79 Å². The first-order valence-corrected chi connectivity index (χ1v) is 9.42. The smallest absolute Gasteiger partial charge is 0.274 e. The van der Waals surface area contributed by atoms with Gasteiger partial charge in [-0.05, 0) is 49.3 Å². The number of likely N-dealkylation sites (tertiary alicyclic amines) is 1. The minimum Gasteiger partial charge on any atom is -0.337 e. The monoisotopic (exact) mass is 315 g/mol. The van der Waals surface area contributed by atoms with Crippen molar-refractivity contribution in [2.45, 2.75) is 25.2 Å². The van der Waals surface area contributed by atoms with Crippen molar-refractivity contribution in [3.8, 4) is 0 Å². The predicted molar refractivity (Wildman–Crippen MR) is 89.6 cm³/mol. The van der Waals surface area contributed by atoms with Gasteiger partial charge in [-0.15, -0.1) is 0 Å². The largest absolute Gasteiger partial charge is 0.337 e. The third-order valence-electron chi connectivity index (χ3n) is 4.70. The van der Waals surface area contributed by atoms with E-state index < -0.39 is 0 Å². The molecule has 4 nitrogen and oxygen atoms in total. The summed E-state index contributed by atoms with van der Waals surface area (Å²) in [7, 11) is 0. The van der Waals surface area contributed by atoms with Crippen LogP contribution in [0.5, 0.6) is 0 Å². The Balaban J connectivity index is 1.65. The number of hydrogen-bond donors (Lipinski definition) is 0. The fourth-order valence-electron chi connectivity index (χ4n) is 3.39. The van der Waals surface area contributed by atoms with Crippen molar-refractivity contribution in [3.05, 3.63) is 35.9 Å². The highest BCUT2D eigenvalue weighted by Crippen LogP contribution is 2.40. The van der Waals surface area contributed by atoms with E-state index in [1.165, 1.54) is 12.8 Å².